The molecular formula is C11H9ClN2O2. The Labute approximate surface area is 96.8 Å². The molecule has 0 amide bonds. The van der Waals surface area contributed by atoms with E-state index in [4.69, 9.17) is 16.3 Å². The van der Waals surface area contributed by atoms with Crippen LogP contribution in [-0.4, -0.2) is 10.2 Å². The van der Waals surface area contributed by atoms with Crippen LogP contribution in [-0.2, 0) is 6.61 Å². The molecule has 0 saturated heterocycles. The van der Waals surface area contributed by atoms with Crippen LogP contribution in [0.15, 0.2) is 41.3 Å². The lowest BCUT2D eigenvalue weighted by atomic mass is 10.2. The lowest BCUT2D eigenvalue weighted by molar-refractivity contribution is 0.304. The largest absolute Gasteiger partial charge is 0.485 e. The van der Waals surface area contributed by atoms with Gasteiger partial charge in [-0.2, -0.15) is 5.10 Å². The zero-order valence-electron chi connectivity index (χ0n) is 8.31. The van der Waals surface area contributed by atoms with Gasteiger partial charge in [0.15, 0.2) is 10.8 Å². The van der Waals surface area contributed by atoms with E-state index in [2.05, 4.69) is 10.2 Å². The molecular weight excluding hydrogens is 228 g/mol. The standard InChI is InChI=1S/C11H9ClN2O2/c12-10-9(6-13-14-11(10)15)16-7-8-4-2-1-3-5-8/h1-6H,7H2,(H,14,15). The SMILES string of the molecule is O=c1[nH]ncc(OCc2ccccc2)c1Cl. The first kappa shape index (κ1) is 10.7. The van der Waals surface area contributed by atoms with Crippen LogP contribution >= 0.6 is 11.6 Å². The van der Waals surface area contributed by atoms with Crippen molar-refractivity contribution in [2.45, 2.75) is 6.61 Å². The van der Waals surface area contributed by atoms with E-state index >= 15 is 0 Å². The maximum atomic E-state index is 11.1. The lowest BCUT2D eigenvalue weighted by Crippen LogP contribution is -2.10. The van der Waals surface area contributed by atoms with Gasteiger partial charge >= 0.3 is 0 Å². The van der Waals surface area contributed by atoms with Gasteiger partial charge < -0.3 is 4.74 Å². The van der Waals surface area contributed by atoms with Gasteiger partial charge in [0.05, 0.1) is 6.20 Å². The van der Waals surface area contributed by atoms with E-state index in [1.165, 1.54) is 6.20 Å². The molecule has 5 heteroatoms. The zero-order chi connectivity index (χ0) is 11.4. The minimum Gasteiger partial charge on any atom is -0.485 e. The van der Waals surface area contributed by atoms with Gasteiger partial charge in [-0.3, -0.25) is 4.79 Å². The Kier molecular flexibility index (Phi) is 3.22. The summed E-state index contributed by atoms with van der Waals surface area (Å²) in [7, 11) is 0. The van der Waals surface area contributed by atoms with Gasteiger partial charge in [0.1, 0.15) is 6.61 Å². The Morgan fingerprint density at radius 3 is 2.81 bits per heavy atom. The molecule has 2 rings (SSSR count). The van der Waals surface area contributed by atoms with Gasteiger partial charge in [0, 0.05) is 0 Å². The number of hydrogen-bond acceptors (Lipinski definition) is 3. The van der Waals surface area contributed by atoms with E-state index in [1.54, 1.807) is 0 Å². The van der Waals surface area contributed by atoms with Gasteiger partial charge in [-0.15, -0.1) is 0 Å². The average molecular weight is 237 g/mol. The first-order valence-electron chi connectivity index (χ1n) is 4.67. The summed E-state index contributed by atoms with van der Waals surface area (Å²) in [6.07, 6.45) is 1.38. The Bertz CT molecular complexity index is 525. The molecule has 0 fully saturated rings. The highest BCUT2D eigenvalue weighted by molar-refractivity contribution is 6.31. The van der Waals surface area contributed by atoms with E-state index in [9.17, 15) is 4.79 Å². The fourth-order valence-electron chi connectivity index (χ4n) is 1.20. The molecule has 0 spiro atoms. The number of ether oxygens (including phenoxy) is 1. The third kappa shape index (κ3) is 2.41. The van der Waals surface area contributed by atoms with Gasteiger partial charge in [0.25, 0.3) is 5.56 Å². The van der Waals surface area contributed by atoms with Crippen molar-refractivity contribution in [2.24, 2.45) is 0 Å². The highest BCUT2D eigenvalue weighted by Gasteiger charge is 2.05. The predicted octanol–water partition coefficient (Wildman–Crippen LogP) is 2.00. The molecule has 0 radical (unpaired) electrons. The van der Waals surface area contributed by atoms with Crippen molar-refractivity contribution >= 4 is 11.6 Å². The number of nitrogens with zero attached hydrogens (tertiary/aromatic N) is 1. The highest BCUT2D eigenvalue weighted by Crippen LogP contribution is 2.18. The molecule has 2 aromatic rings. The van der Waals surface area contributed by atoms with Crippen molar-refractivity contribution in [3.05, 3.63) is 57.5 Å². The monoisotopic (exact) mass is 236 g/mol. The molecule has 1 N–H and O–H groups in total. The molecule has 1 aromatic heterocycles. The molecule has 16 heavy (non-hydrogen) atoms. The van der Waals surface area contributed by atoms with Gasteiger partial charge in [-0.1, -0.05) is 41.9 Å². The molecule has 0 unspecified atom stereocenters. The molecule has 1 aromatic carbocycles. The van der Waals surface area contributed by atoms with Crippen LogP contribution < -0.4 is 10.3 Å². The molecule has 0 bridgehead atoms. The van der Waals surface area contributed by atoms with E-state index in [-0.39, 0.29) is 10.8 Å². The van der Waals surface area contributed by atoms with Crippen molar-refractivity contribution < 1.29 is 4.74 Å². The predicted molar refractivity (Wildman–Crippen MR) is 60.6 cm³/mol. The summed E-state index contributed by atoms with van der Waals surface area (Å²) in [4.78, 5) is 11.1. The first-order valence-corrected chi connectivity index (χ1v) is 5.05. The van der Waals surface area contributed by atoms with Crippen LogP contribution in [0.3, 0.4) is 0 Å². The van der Waals surface area contributed by atoms with Crippen molar-refractivity contribution in [2.75, 3.05) is 0 Å². The molecule has 4 nitrogen and oxygen atoms in total. The van der Waals surface area contributed by atoms with E-state index in [0.29, 0.717) is 6.61 Å². The maximum absolute atomic E-state index is 11.1. The summed E-state index contributed by atoms with van der Waals surface area (Å²) in [6, 6.07) is 9.60. The second kappa shape index (κ2) is 4.81. The van der Waals surface area contributed by atoms with Crippen LogP contribution in [0.5, 0.6) is 5.75 Å². The fourth-order valence-corrected chi connectivity index (χ4v) is 1.35. The zero-order valence-corrected chi connectivity index (χ0v) is 9.07. The fraction of sp³-hybridized carbons (Fsp3) is 0.0909. The normalized spacial score (nSPS) is 10.1. The van der Waals surface area contributed by atoms with Gasteiger partial charge in [-0.05, 0) is 5.56 Å². The highest BCUT2D eigenvalue weighted by atomic mass is 35.5. The van der Waals surface area contributed by atoms with Crippen LogP contribution in [0, 0.1) is 0 Å². The Hall–Kier alpha value is -1.81. The molecule has 0 aliphatic rings. The number of aromatic amines is 1. The third-order valence-electron chi connectivity index (χ3n) is 2.00. The molecule has 0 aliphatic carbocycles. The molecule has 0 saturated carbocycles. The van der Waals surface area contributed by atoms with E-state index < -0.39 is 5.56 Å². The Morgan fingerprint density at radius 1 is 1.31 bits per heavy atom. The minimum absolute atomic E-state index is 0.0194. The molecule has 0 atom stereocenters. The summed E-state index contributed by atoms with van der Waals surface area (Å²) in [5, 5.41) is 5.85. The second-order valence-corrected chi connectivity index (χ2v) is 3.53. The molecule has 82 valence electrons. The summed E-state index contributed by atoms with van der Waals surface area (Å²) in [5.74, 6) is 0.286. The summed E-state index contributed by atoms with van der Waals surface area (Å²) in [5.41, 5.74) is 0.547. The lowest BCUT2D eigenvalue weighted by Gasteiger charge is -2.06. The van der Waals surface area contributed by atoms with Crippen LogP contribution in [0.4, 0.5) is 0 Å². The number of benzene rings is 1. The number of rotatable bonds is 3. The van der Waals surface area contributed by atoms with Gasteiger partial charge in [0.2, 0.25) is 0 Å². The number of nitrogens with one attached hydrogen (secondary N) is 1. The number of halogens is 1. The van der Waals surface area contributed by atoms with Crippen molar-refractivity contribution in [3.8, 4) is 5.75 Å². The van der Waals surface area contributed by atoms with Crippen LogP contribution in [0.1, 0.15) is 5.56 Å². The molecule has 1 heterocycles. The third-order valence-corrected chi connectivity index (χ3v) is 2.36. The second-order valence-electron chi connectivity index (χ2n) is 3.15. The smallest absolute Gasteiger partial charge is 0.286 e. The minimum atomic E-state index is -0.452. The van der Waals surface area contributed by atoms with Crippen molar-refractivity contribution in [1.29, 1.82) is 0 Å². The Balaban J connectivity index is 2.11. The first-order chi connectivity index (χ1) is 7.77. The number of H-pyrrole nitrogens is 1. The van der Waals surface area contributed by atoms with E-state index in [0.717, 1.165) is 5.56 Å². The van der Waals surface area contributed by atoms with Crippen molar-refractivity contribution in [1.82, 2.24) is 10.2 Å². The van der Waals surface area contributed by atoms with E-state index in [1.807, 2.05) is 30.3 Å². The van der Waals surface area contributed by atoms with Crippen molar-refractivity contribution in [3.63, 3.8) is 0 Å². The van der Waals surface area contributed by atoms with Gasteiger partial charge in [-0.25, -0.2) is 5.10 Å². The van der Waals surface area contributed by atoms with Crippen LogP contribution in [0.2, 0.25) is 5.02 Å². The average Bonchev–Trinajstić information content (AvgIpc) is 2.32. The number of hydrogen-bond donors (Lipinski definition) is 1. The summed E-state index contributed by atoms with van der Waals surface area (Å²) >= 11 is 5.75. The maximum Gasteiger partial charge on any atom is 0.286 e. The van der Waals surface area contributed by atoms with Crippen LogP contribution in [0.25, 0.3) is 0 Å². The number of aromatic nitrogens is 2. The quantitative estimate of drug-likeness (QED) is 0.887. The summed E-state index contributed by atoms with van der Waals surface area (Å²) < 4.78 is 5.39. The Morgan fingerprint density at radius 2 is 2.06 bits per heavy atom. The topological polar surface area (TPSA) is 55.0 Å². The molecule has 0 aliphatic heterocycles. The summed E-state index contributed by atoms with van der Waals surface area (Å²) in [6.45, 7) is 0.353.